The summed E-state index contributed by atoms with van der Waals surface area (Å²) < 4.78 is 11.0. The third kappa shape index (κ3) is 7.81. The molecule has 1 fully saturated rings. The number of nitrogens with one attached hydrogen (secondary N) is 2. The average molecular weight is 612 g/mol. The van der Waals surface area contributed by atoms with Gasteiger partial charge in [0.05, 0.1) is 4.87 Å². The minimum atomic E-state index is -1.09. The van der Waals surface area contributed by atoms with Crippen LogP contribution in [0, 0.1) is 0 Å². The number of nitrogens with zero attached hydrogens (tertiary/aromatic N) is 1. The van der Waals surface area contributed by atoms with Crippen LogP contribution < -0.4 is 10.6 Å². The van der Waals surface area contributed by atoms with Crippen LogP contribution in [0.25, 0.3) is 11.1 Å². The number of carboxylic acid groups (broad SMARTS) is 1. The van der Waals surface area contributed by atoms with Crippen LogP contribution in [0.2, 0.25) is 0 Å². The van der Waals surface area contributed by atoms with Crippen molar-refractivity contribution < 1.29 is 33.8 Å². The number of fused-ring (bicyclic) bond motifs is 3. The van der Waals surface area contributed by atoms with E-state index in [2.05, 4.69) is 22.8 Å². The van der Waals surface area contributed by atoms with Crippen molar-refractivity contribution in [2.45, 2.75) is 82.4 Å². The topological polar surface area (TPSA) is 134 Å². The zero-order valence-electron chi connectivity index (χ0n) is 25.3. The molecule has 2 atom stereocenters. The minimum absolute atomic E-state index is 0.0867. The number of hydrogen-bond donors (Lipinski definition) is 3. The van der Waals surface area contributed by atoms with Crippen LogP contribution in [0.15, 0.2) is 48.5 Å². The van der Waals surface area contributed by atoms with E-state index in [1.165, 1.54) is 16.7 Å². The number of thioether (sulfide) groups is 1. The molecule has 0 aromatic heterocycles. The van der Waals surface area contributed by atoms with Gasteiger partial charge in [0.15, 0.2) is 0 Å². The summed E-state index contributed by atoms with van der Waals surface area (Å²) in [6.07, 6.45) is -0.0336. The third-order valence-corrected chi connectivity index (χ3v) is 8.92. The van der Waals surface area contributed by atoms with E-state index in [4.69, 9.17) is 9.47 Å². The summed E-state index contributed by atoms with van der Waals surface area (Å²) in [5.41, 5.74) is 3.74. The van der Waals surface area contributed by atoms with Crippen LogP contribution in [0.5, 0.6) is 0 Å². The maximum absolute atomic E-state index is 13.8. The van der Waals surface area contributed by atoms with Crippen molar-refractivity contribution in [1.82, 2.24) is 15.5 Å². The Morgan fingerprint density at radius 2 is 1.60 bits per heavy atom. The summed E-state index contributed by atoms with van der Waals surface area (Å²) in [4.78, 5) is 51.5. The van der Waals surface area contributed by atoms with Crippen molar-refractivity contribution in [3.05, 3.63) is 59.7 Å². The highest BCUT2D eigenvalue weighted by molar-refractivity contribution is 8.00. The fraction of sp³-hybridized carbons (Fsp3) is 0.500. The number of aliphatic carboxylic acids is 1. The monoisotopic (exact) mass is 611 g/mol. The van der Waals surface area contributed by atoms with Crippen LogP contribution >= 0.6 is 11.8 Å². The molecule has 1 heterocycles. The van der Waals surface area contributed by atoms with Crippen LogP contribution in [-0.2, 0) is 19.1 Å². The second-order valence-corrected chi connectivity index (χ2v) is 13.9. The Morgan fingerprint density at radius 3 is 2.19 bits per heavy atom. The molecular weight excluding hydrogens is 570 g/mol. The molecule has 11 heteroatoms. The second kappa shape index (κ2) is 13.3. The Balaban J connectivity index is 1.42. The first-order chi connectivity index (χ1) is 20.3. The zero-order chi connectivity index (χ0) is 31.4. The van der Waals surface area contributed by atoms with E-state index in [1.54, 1.807) is 34.6 Å². The lowest BCUT2D eigenvalue weighted by Crippen LogP contribution is -2.57. The summed E-state index contributed by atoms with van der Waals surface area (Å²) in [6, 6.07) is 14.0. The second-order valence-electron chi connectivity index (χ2n) is 12.3. The van der Waals surface area contributed by atoms with E-state index in [0.29, 0.717) is 19.4 Å². The predicted octanol–water partition coefficient (Wildman–Crippen LogP) is 5.35. The molecule has 2 aliphatic rings. The Bertz CT molecular complexity index is 1310. The SMILES string of the molecule is CC(C)(C)OC(=O)NCCCC[C@H](NC(=O)OCC1c2ccccc2-c2ccccc21)C(=O)N1[C@H](C(=O)O)CSC1(C)C. The maximum atomic E-state index is 13.8. The van der Waals surface area contributed by atoms with Crippen molar-refractivity contribution in [2.75, 3.05) is 18.9 Å². The van der Waals surface area contributed by atoms with Gasteiger partial charge in [0.1, 0.15) is 24.3 Å². The fourth-order valence-electron chi connectivity index (χ4n) is 5.59. The van der Waals surface area contributed by atoms with Crippen molar-refractivity contribution in [3.63, 3.8) is 0 Å². The zero-order valence-corrected chi connectivity index (χ0v) is 26.2. The Labute approximate surface area is 256 Å². The van der Waals surface area contributed by atoms with Crippen LogP contribution in [-0.4, -0.2) is 75.5 Å². The molecule has 3 N–H and O–H groups in total. The first-order valence-electron chi connectivity index (χ1n) is 14.6. The van der Waals surface area contributed by atoms with Crippen molar-refractivity contribution in [3.8, 4) is 11.1 Å². The van der Waals surface area contributed by atoms with E-state index in [-0.39, 0.29) is 24.7 Å². The van der Waals surface area contributed by atoms with Gasteiger partial charge in [0.25, 0.3) is 0 Å². The number of ether oxygens (including phenoxy) is 2. The molecule has 2 aromatic rings. The lowest BCUT2D eigenvalue weighted by atomic mass is 9.98. The van der Waals surface area contributed by atoms with Gasteiger partial charge in [-0.3, -0.25) is 4.79 Å². The molecule has 1 aliphatic carbocycles. The summed E-state index contributed by atoms with van der Waals surface area (Å²) in [5.74, 6) is -1.45. The van der Waals surface area contributed by atoms with E-state index >= 15 is 0 Å². The maximum Gasteiger partial charge on any atom is 0.407 e. The van der Waals surface area contributed by atoms with Gasteiger partial charge < -0.3 is 30.1 Å². The molecule has 4 rings (SSSR count). The lowest BCUT2D eigenvalue weighted by molar-refractivity contribution is -0.151. The standard InChI is InChI=1S/C32H41N3O7S/c1-31(2,3)42-29(39)33-17-11-10-16-25(27(36)35-26(28(37)38)19-43-32(35,4)5)34-30(40)41-18-24-22-14-8-6-12-20(22)21-13-7-9-15-23(21)24/h6-9,12-15,24-26H,10-11,16-19H2,1-5H3,(H,33,39)(H,34,40)(H,37,38)/t25-,26-/m0/s1. The number of alkyl carbamates (subject to hydrolysis) is 2. The highest BCUT2D eigenvalue weighted by atomic mass is 32.2. The van der Waals surface area contributed by atoms with Gasteiger partial charge in [-0.25, -0.2) is 14.4 Å². The molecule has 0 bridgehead atoms. The number of benzene rings is 2. The van der Waals surface area contributed by atoms with Crippen molar-refractivity contribution >= 4 is 35.8 Å². The molecule has 3 amide bonds. The average Bonchev–Trinajstić information content (AvgIpc) is 3.43. The molecule has 10 nitrogen and oxygen atoms in total. The van der Waals surface area contributed by atoms with Gasteiger partial charge in [-0.15, -0.1) is 11.8 Å². The summed E-state index contributed by atoms with van der Waals surface area (Å²) in [5, 5.41) is 15.2. The fourth-order valence-corrected chi connectivity index (χ4v) is 6.80. The van der Waals surface area contributed by atoms with Gasteiger partial charge in [-0.05, 0) is 76.1 Å². The highest BCUT2D eigenvalue weighted by Gasteiger charge is 2.48. The molecule has 0 saturated carbocycles. The van der Waals surface area contributed by atoms with E-state index in [9.17, 15) is 24.3 Å². The molecule has 1 aliphatic heterocycles. The molecule has 232 valence electrons. The number of unbranched alkanes of at least 4 members (excludes halogenated alkanes) is 1. The van der Waals surface area contributed by atoms with E-state index < -0.39 is 46.6 Å². The number of carboxylic acids is 1. The summed E-state index contributed by atoms with van der Waals surface area (Å²) in [6.45, 7) is 9.34. The predicted molar refractivity (Wildman–Crippen MR) is 165 cm³/mol. The number of rotatable bonds is 10. The lowest BCUT2D eigenvalue weighted by Gasteiger charge is -2.36. The largest absolute Gasteiger partial charge is 0.480 e. The van der Waals surface area contributed by atoms with Crippen LogP contribution in [0.4, 0.5) is 9.59 Å². The third-order valence-electron chi connectivity index (χ3n) is 7.53. The molecule has 1 saturated heterocycles. The molecular formula is C32H41N3O7S. The Morgan fingerprint density at radius 1 is 1.00 bits per heavy atom. The number of hydrogen-bond acceptors (Lipinski definition) is 7. The van der Waals surface area contributed by atoms with Gasteiger partial charge >= 0.3 is 18.2 Å². The van der Waals surface area contributed by atoms with Crippen molar-refractivity contribution in [2.24, 2.45) is 0 Å². The Kier molecular flexibility index (Phi) is 9.94. The minimum Gasteiger partial charge on any atom is -0.480 e. The molecule has 0 spiro atoms. The summed E-state index contributed by atoms with van der Waals surface area (Å²) >= 11 is 1.38. The van der Waals surface area contributed by atoms with Crippen LogP contribution in [0.3, 0.4) is 0 Å². The Hall–Kier alpha value is -3.73. The number of carbonyl (C=O) groups excluding carboxylic acids is 3. The van der Waals surface area contributed by atoms with Crippen LogP contribution in [0.1, 0.15) is 70.9 Å². The first kappa shape index (κ1) is 32.2. The molecule has 0 unspecified atom stereocenters. The number of amides is 3. The smallest absolute Gasteiger partial charge is 0.407 e. The quantitative estimate of drug-likeness (QED) is 0.306. The van der Waals surface area contributed by atoms with Gasteiger partial charge in [-0.1, -0.05) is 48.5 Å². The molecule has 0 radical (unpaired) electrons. The molecule has 2 aromatic carbocycles. The van der Waals surface area contributed by atoms with Gasteiger partial charge in [0.2, 0.25) is 5.91 Å². The number of carbonyl (C=O) groups is 4. The van der Waals surface area contributed by atoms with Crippen molar-refractivity contribution in [1.29, 1.82) is 0 Å². The van der Waals surface area contributed by atoms with Gasteiger partial charge in [-0.2, -0.15) is 0 Å². The first-order valence-corrected chi connectivity index (χ1v) is 15.6. The molecule has 43 heavy (non-hydrogen) atoms. The van der Waals surface area contributed by atoms with E-state index in [1.807, 2.05) is 36.4 Å². The summed E-state index contributed by atoms with van der Waals surface area (Å²) in [7, 11) is 0. The highest BCUT2D eigenvalue weighted by Crippen LogP contribution is 2.44. The van der Waals surface area contributed by atoms with E-state index in [0.717, 1.165) is 22.3 Å². The van der Waals surface area contributed by atoms with Gasteiger partial charge in [0, 0.05) is 18.2 Å². The normalized spacial score (nSPS) is 17.9.